The summed E-state index contributed by atoms with van der Waals surface area (Å²) in [6, 6.07) is 20.0. The Balaban J connectivity index is 1.94. The topological polar surface area (TPSA) is 41.1 Å². The van der Waals surface area contributed by atoms with Crippen LogP contribution in [-0.2, 0) is 0 Å². The minimum Gasteiger partial charge on any atom is -0.318 e. The minimum absolute atomic E-state index is 0.645. The van der Waals surface area contributed by atoms with Crippen LogP contribution in [0.25, 0.3) is 5.69 Å². The Morgan fingerprint density at radius 2 is 1.75 bits per heavy atom. The lowest BCUT2D eigenvalue weighted by atomic mass is 10.2. The van der Waals surface area contributed by atoms with Gasteiger partial charge in [-0.15, -0.1) is 0 Å². The van der Waals surface area contributed by atoms with Crippen LogP contribution in [0.15, 0.2) is 59.6 Å². The Bertz CT molecular complexity index is 938. The zero-order valence-electron chi connectivity index (χ0n) is 14.1. The van der Waals surface area contributed by atoms with Crippen molar-refractivity contribution in [2.24, 2.45) is 4.99 Å². The van der Waals surface area contributed by atoms with Gasteiger partial charge in [0, 0.05) is 28.9 Å². The van der Waals surface area contributed by atoms with E-state index < -0.39 is 0 Å². The van der Waals surface area contributed by atoms with Crippen molar-refractivity contribution in [1.29, 1.82) is 5.26 Å². The third-order valence-corrected chi connectivity index (χ3v) is 4.08. The normalized spacial score (nSPS) is 10.9. The summed E-state index contributed by atoms with van der Waals surface area (Å²) in [5.41, 5.74) is 7.34. The molecule has 3 aromatic rings. The summed E-state index contributed by atoms with van der Waals surface area (Å²) >= 11 is 0. The number of hydrogen-bond acceptors (Lipinski definition) is 2. The van der Waals surface area contributed by atoms with Gasteiger partial charge in [-0.1, -0.05) is 12.1 Å². The molecule has 0 N–H and O–H groups in total. The first-order valence-corrected chi connectivity index (χ1v) is 7.88. The first-order valence-electron chi connectivity index (χ1n) is 7.88. The molecular weight excluding hydrogens is 294 g/mol. The Hall–Kier alpha value is -3.12. The molecule has 0 aliphatic carbocycles. The van der Waals surface area contributed by atoms with Gasteiger partial charge in [0.15, 0.2) is 0 Å². The largest absolute Gasteiger partial charge is 0.318 e. The van der Waals surface area contributed by atoms with E-state index in [0.29, 0.717) is 5.56 Å². The molecule has 0 aliphatic heterocycles. The highest BCUT2D eigenvalue weighted by Gasteiger charge is 2.09. The fourth-order valence-corrected chi connectivity index (χ4v) is 2.85. The fraction of sp³-hybridized carbons (Fsp3) is 0.143. The molecule has 24 heavy (non-hydrogen) atoms. The average Bonchev–Trinajstić information content (AvgIpc) is 2.87. The van der Waals surface area contributed by atoms with Crippen LogP contribution in [0.1, 0.15) is 28.1 Å². The van der Waals surface area contributed by atoms with E-state index in [9.17, 15) is 0 Å². The van der Waals surface area contributed by atoms with E-state index in [0.717, 1.165) is 16.9 Å². The maximum absolute atomic E-state index is 8.84. The van der Waals surface area contributed by atoms with Crippen molar-refractivity contribution in [3.8, 4) is 11.8 Å². The highest BCUT2D eigenvalue weighted by atomic mass is 15.0. The summed E-state index contributed by atoms with van der Waals surface area (Å²) in [6.07, 6.45) is 1.88. The minimum atomic E-state index is 0.645. The lowest BCUT2D eigenvalue weighted by Crippen LogP contribution is -1.99. The summed E-state index contributed by atoms with van der Waals surface area (Å²) in [4.78, 5) is 4.53. The molecule has 0 amide bonds. The molecule has 3 heteroatoms. The highest BCUT2D eigenvalue weighted by Crippen LogP contribution is 2.21. The second-order valence-electron chi connectivity index (χ2n) is 5.92. The van der Waals surface area contributed by atoms with Crippen LogP contribution >= 0.6 is 0 Å². The van der Waals surface area contributed by atoms with Gasteiger partial charge in [-0.3, -0.25) is 4.99 Å². The smallest absolute Gasteiger partial charge is 0.0991 e. The van der Waals surface area contributed by atoms with E-state index in [1.54, 1.807) is 12.1 Å². The SMILES string of the molecule is Cc1cccc(-n2c(C)cc(C=Nc3ccc(C#N)cc3)c2C)c1. The van der Waals surface area contributed by atoms with E-state index in [1.165, 1.54) is 16.9 Å². The van der Waals surface area contributed by atoms with Crippen molar-refractivity contribution < 1.29 is 0 Å². The van der Waals surface area contributed by atoms with Gasteiger partial charge in [-0.2, -0.15) is 5.26 Å². The van der Waals surface area contributed by atoms with Crippen molar-refractivity contribution in [3.63, 3.8) is 0 Å². The average molecular weight is 313 g/mol. The van der Waals surface area contributed by atoms with Gasteiger partial charge < -0.3 is 4.57 Å². The number of aryl methyl sites for hydroxylation is 2. The van der Waals surface area contributed by atoms with E-state index in [2.05, 4.69) is 66.7 Å². The molecule has 0 bridgehead atoms. The second-order valence-corrected chi connectivity index (χ2v) is 5.92. The maximum Gasteiger partial charge on any atom is 0.0991 e. The van der Waals surface area contributed by atoms with Crippen LogP contribution in [-0.4, -0.2) is 10.8 Å². The lowest BCUT2D eigenvalue weighted by molar-refractivity contribution is 0.963. The van der Waals surface area contributed by atoms with E-state index in [4.69, 9.17) is 5.26 Å². The second kappa shape index (κ2) is 6.55. The number of benzene rings is 2. The summed E-state index contributed by atoms with van der Waals surface area (Å²) in [5, 5.41) is 8.84. The third-order valence-electron chi connectivity index (χ3n) is 4.08. The van der Waals surface area contributed by atoms with Crippen LogP contribution in [0.4, 0.5) is 5.69 Å². The molecule has 0 saturated heterocycles. The van der Waals surface area contributed by atoms with Crippen molar-refractivity contribution >= 4 is 11.9 Å². The molecule has 0 saturated carbocycles. The van der Waals surface area contributed by atoms with Gasteiger partial charge in [0.1, 0.15) is 0 Å². The number of nitriles is 1. The van der Waals surface area contributed by atoms with E-state index in [-0.39, 0.29) is 0 Å². The number of aliphatic imine (C=N–C) groups is 1. The van der Waals surface area contributed by atoms with Crippen molar-refractivity contribution in [3.05, 3.63) is 82.7 Å². The Labute approximate surface area is 142 Å². The standard InChI is InChI=1S/C21H19N3/c1-15-5-4-6-21(11-15)24-16(2)12-19(17(24)3)14-23-20-9-7-18(13-22)8-10-20/h4-12,14H,1-3H3. The van der Waals surface area contributed by atoms with Crippen LogP contribution in [0, 0.1) is 32.1 Å². The maximum atomic E-state index is 8.84. The van der Waals surface area contributed by atoms with Gasteiger partial charge in [-0.05, 0) is 68.8 Å². The van der Waals surface area contributed by atoms with Gasteiger partial charge in [0.05, 0.1) is 17.3 Å². The molecule has 1 heterocycles. The predicted octanol–water partition coefficient (Wildman–Crippen LogP) is 5.02. The van der Waals surface area contributed by atoms with Gasteiger partial charge in [0.25, 0.3) is 0 Å². The highest BCUT2D eigenvalue weighted by molar-refractivity contribution is 5.84. The lowest BCUT2D eigenvalue weighted by Gasteiger charge is -2.10. The summed E-state index contributed by atoms with van der Waals surface area (Å²) < 4.78 is 2.24. The number of nitrogens with zero attached hydrogens (tertiary/aromatic N) is 3. The number of aromatic nitrogens is 1. The molecule has 1 aromatic heterocycles. The van der Waals surface area contributed by atoms with Gasteiger partial charge in [-0.25, -0.2) is 0 Å². The molecule has 2 aromatic carbocycles. The monoisotopic (exact) mass is 313 g/mol. The fourth-order valence-electron chi connectivity index (χ4n) is 2.85. The third kappa shape index (κ3) is 3.13. The zero-order valence-corrected chi connectivity index (χ0v) is 14.1. The first kappa shape index (κ1) is 15.8. The summed E-state index contributed by atoms with van der Waals surface area (Å²) in [6.45, 7) is 6.31. The van der Waals surface area contributed by atoms with Crippen LogP contribution < -0.4 is 0 Å². The van der Waals surface area contributed by atoms with E-state index >= 15 is 0 Å². The molecule has 0 unspecified atom stereocenters. The Kier molecular flexibility index (Phi) is 4.31. The molecule has 3 rings (SSSR count). The van der Waals surface area contributed by atoms with Crippen molar-refractivity contribution in [2.45, 2.75) is 20.8 Å². The first-order chi connectivity index (χ1) is 11.6. The molecule has 0 fully saturated rings. The Morgan fingerprint density at radius 3 is 2.42 bits per heavy atom. The Morgan fingerprint density at radius 1 is 1.00 bits per heavy atom. The molecule has 0 aliphatic rings. The molecule has 0 atom stereocenters. The summed E-state index contributed by atoms with van der Waals surface area (Å²) in [7, 11) is 0. The number of rotatable bonds is 3. The molecule has 118 valence electrons. The molecule has 3 nitrogen and oxygen atoms in total. The molecular formula is C21H19N3. The van der Waals surface area contributed by atoms with Crippen LogP contribution in [0.2, 0.25) is 0 Å². The zero-order chi connectivity index (χ0) is 17.1. The van der Waals surface area contributed by atoms with Gasteiger partial charge in [0.2, 0.25) is 0 Å². The predicted molar refractivity (Wildman–Crippen MR) is 98.4 cm³/mol. The van der Waals surface area contributed by atoms with Crippen LogP contribution in [0.5, 0.6) is 0 Å². The molecule has 0 spiro atoms. The van der Waals surface area contributed by atoms with E-state index in [1.807, 2.05) is 18.3 Å². The van der Waals surface area contributed by atoms with Gasteiger partial charge >= 0.3 is 0 Å². The van der Waals surface area contributed by atoms with Crippen LogP contribution in [0.3, 0.4) is 0 Å². The number of hydrogen-bond donors (Lipinski definition) is 0. The van der Waals surface area contributed by atoms with Crippen molar-refractivity contribution in [1.82, 2.24) is 4.57 Å². The summed E-state index contributed by atoms with van der Waals surface area (Å²) in [5.74, 6) is 0. The molecule has 0 radical (unpaired) electrons. The van der Waals surface area contributed by atoms with Crippen molar-refractivity contribution in [2.75, 3.05) is 0 Å². The quantitative estimate of drug-likeness (QED) is 0.626.